The summed E-state index contributed by atoms with van der Waals surface area (Å²) >= 11 is 0. The first-order valence-electron chi connectivity index (χ1n) is 5.80. The lowest BCUT2D eigenvalue weighted by atomic mass is 9.93. The van der Waals surface area contributed by atoms with E-state index in [1.54, 1.807) is 0 Å². The second-order valence-corrected chi connectivity index (χ2v) is 4.25. The van der Waals surface area contributed by atoms with Crippen molar-refractivity contribution in [2.75, 3.05) is 6.61 Å². The molecular weight excluding hydrogens is 196 g/mol. The van der Waals surface area contributed by atoms with Crippen molar-refractivity contribution >= 4 is 6.08 Å². The highest BCUT2D eigenvalue weighted by molar-refractivity contribution is 5.47. The number of allylic oxidation sites excluding steroid dienone is 1. The van der Waals surface area contributed by atoms with Crippen LogP contribution >= 0.6 is 0 Å². The Morgan fingerprint density at radius 1 is 1.31 bits per heavy atom. The molecule has 1 aromatic carbocycles. The average Bonchev–Trinajstić information content (AvgIpc) is 3.15. The summed E-state index contributed by atoms with van der Waals surface area (Å²) in [5.74, 6) is 0.447. The van der Waals surface area contributed by atoms with Crippen molar-refractivity contribution in [2.24, 2.45) is 0 Å². The molecule has 0 amide bonds. The molecule has 1 heteroatoms. The van der Waals surface area contributed by atoms with E-state index < -0.39 is 0 Å². The smallest absolute Gasteiger partial charge is 0.0810 e. The average molecular weight is 214 g/mol. The van der Waals surface area contributed by atoms with Crippen molar-refractivity contribution in [2.45, 2.75) is 24.9 Å². The Hall–Kier alpha value is -1.34. The second kappa shape index (κ2) is 5.13. The Kier molecular flexibility index (Phi) is 3.58. The van der Waals surface area contributed by atoms with E-state index in [-0.39, 0.29) is 0 Å². The van der Waals surface area contributed by atoms with Gasteiger partial charge in [0.1, 0.15) is 0 Å². The summed E-state index contributed by atoms with van der Waals surface area (Å²) in [5.41, 5.74) is 2.50. The normalized spacial score (nSPS) is 20.1. The van der Waals surface area contributed by atoms with Gasteiger partial charge in [-0.2, -0.15) is 0 Å². The number of epoxide rings is 1. The maximum absolute atomic E-state index is 5.23. The van der Waals surface area contributed by atoms with Crippen molar-refractivity contribution < 1.29 is 4.74 Å². The fourth-order valence-electron chi connectivity index (χ4n) is 1.90. The summed E-state index contributed by atoms with van der Waals surface area (Å²) < 4.78 is 5.23. The predicted molar refractivity (Wildman–Crippen MR) is 68.4 cm³/mol. The minimum absolute atomic E-state index is 0.447. The van der Waals surface area contributed by atoms with Gasteiger partial charge in [0.05, 0.1) is 12.7 Å². The van der Waals surface area contributed by atoms with E-state index in [4.69, 9.17) is 4.74 Å². The van der Waals surface area contributed by atoms with Crippen LogP contribution in [0.1, 0.15) is 29.9 Å². The summed E-state index contributed by atoms with van der Waals surface area (Å²) in [6.07, 6.45) is 6.67. The number of ether oxygens (including phenoxy) is 1. The van der Waals surface area contributed by atoms with E-state index in [0.717, 1.165) is 25.0 Å². The molecule has 1 saturated heterocycles. The molecule has 1 nitrogen and oxygen atoms in total. The van der Waals surface area contributed by atoms with Crippen molar-refractivity contribution in [1.29, 1.82) is 0 Å². The third kappa shape index (κ3) is 2.83. The fraction of sp³-hybridized carbons (Fsp3) is 0.333. The topological polar surface area (TPSA) is 12.5 Å². The van der Waals surface area contributed by atoms with Gasteiger partial charge in [-0.25, -0.2) is 0 Å². The largest absolute Gasteiger partial charge is 0.373 e. The standard InChI is InChI=1S/C15H18O/c1-3-12-5-7-14(8-6-12)13(4-2)9-10-15-11-16-15/h3-8,13,15H,1-2,9-11H2. The van der Waals surface area contributed by atoms with Crippen molar-refractivity contribution in [1.82, 2.24) is 0 Å². The lowest BCUT2D eigenvalue weighted by Crippen LogP contribution is -1.97. The lowest BCUT2D eigenvalue weighted by Gasteiger charge is -2.12. The molecule has 2 unspecified atom stereocenters. The summed E-state index contributed by atoms with van der Waals surface area (Å²) in [6.45, 7) is 8.62. The molecular formula is C15H18O. The molecule has 16 heavy (non-hydrogen) atoms. The molecule has 0 bridgehead atoms. The van der Waals surface area contributed by atoms with Crippen LogP contribution in [-0.2, 0) is 4.74 Å². The van der Waals surface area contributed by atoms with Crippen LogP contribution < -0.4 is 0 Å². The summed E-state index contributed by atoms with van der Waals surface area (Å²) in [7, 11) is 0. The Morgan fingerprint density at radius 2 is 2.00 bits per heavy atom. The van der Waals surface area contributed by atoms with Gasteiger partial charge >= 0.3 is 0 Å². The van der Waals surface area contributed by atoms with Gasteiger partial charge in [-0.05, 0) is 24.0 Å². The third-order valence-electron chi connectivity index (χ3n) is 3.09. The summed E-state index contributed by atoms with van der Waals surface area (Å²) in [5, 5.41) is 0. The Bertz CT molecular complexity index is 360. The maximum Gasteiger partial charge on any atom is 0.0810 e. The Labute approximate surface area is 97.4 Å². The van der Waals surface area contributed by atoms with Crippen LogP contribution in [0.2, 0.25) is 0 Å². The summed E-state index contributed by atoms with van der Waals surface area (Å²) in [6, 6.07) is 8.53. The van der Waals surface area contributed by atoms with E-state index in [1.807, 2.05) is 12.2 Å². The van der Waals surface area contributed by atoms with Crippen LogP contribution in [0.15, 0.2) is 43.5 Å². The second-order valence-electron chi connectivity index (χ2n) is 4.25. The Balaban J connectivity index is 1.99. The van der Waals surface area contributed by atoms with Gasteiger partial charge in [-0.3, -0.25) is 0 Å². The molecule has 0 spiro atoms. The number of hydrogen-bond donors (Lipinski definition) is 0. The zero-order valence-electron chi connectivity index (χ0n) is 9.56. The van der Waals surface area contributed by atoms with Crippen molar-refractivity contribution in [3.63, 3.8) is 0 Å². The molecule has 1 aromatic rings. The fourth-order valence-corrected chi connectivity index (χ4v) is 1.90. The zero-order valence-corrected chi connectivity index (χ0v) is 9.56. The van der Waals surface area contributed by atoms with Gasteiger partial charge in [0.25, 0.3) is 0 Å². The molecule has 1 heterocycles. The molecule has 1 fully saturated rings. The van der Waals surface area contributed by atoms with Crippen molar-refractivity contribution in [3.8, 4) is 0 Å². The minimum Gasteiger partial charge on any atom is -0.373 e. The van der Waals surface area contributed by atoms with Crippen LogP contribution in [0.25, 0.3) is 6.08 Å². The molecule has 1 aliphatic heterocycles. The Morgan fingerprint density at radius 3 is 2.50 bits per heavy atom. The molecule has 0 N–H and O–H groups in total. The first kappa shape index (κ1) is 11.2. The van der Waals surface area contributed by atoms with Crippen LogP contribution in [0.5, 0.6) is 0 Å². The van der Waals surface area contributed by atoms with Gasteiger partial charge in [-0.1, -0.05) is 43.0 Å². The zero-order chi connectivity index (χ0) is 11.4. The molecule has 0 saturated carbocycles. The van der Waals surface area contributed by atoms with E-state index in [2.05, 4.69) is 37.4 Å². The molecule has 0 aromatic heterocycles. The minimum atomic E-state index is 0.447. The quantitative estimate of drug-likeness (QED) is 0.518. The first-order chi connectivity index (χ1) is 7.83. The van der Waals surface area contributed by atoms with Crippen LogP contribution in [0.4, 0.5) is 0 Å². The SMILES string of the molecule is C=Cc1ccc(C(C=C)CCC2CO2)cc1. The summed E-state index contributed by atoms with van der Waals surface area (Å²) in [4.78, 5) is 0. The monoisotopic (exact) mass is 214 g/mol. The third-order valence-corrected chi connectivity index (χ3v) is 3.09. The highest BCUT2D eigenvalue weighted by atomic mass is 16.6. The molecule has 2 rings (SSSR count). The van der Waals surface area contributed by atoms with E-state index in [9.17, 15) is 0 Å². The van der Waals surface area contributed by atoms with Crippen LogP contribution in [-0.4, -0.2) is 12.7 Å². The molecule has 1 aliphatic rings. The van der Waals surface area contributed by atoms with E-state index >= 15 is 0 Å². The van der Waals surface area contributed by atoms with Gasteiger partial charge in [0.15, 0.2) is 0 Å². The van der Waals surface area contributed by atoms with Gasteiger partial charge in [0, 0.05) is 5.92 Å². The molecule has 0 aliphatic carbocycles. The van der Waals surface area contributed by atoms with Crippen LogP contribution in [0.3, 0.4) is 0 Å². The van der Waals surface area contributed by atoms with Crippen molar-refractivity contribution in [3.05, 3.63) is 54.6 Å². The highest BCUT2D eigenvalue weighted by Gasteiger charge is 2.23. The van der Waals surface area contributed by atoms with Crippen LogP contribution in [0, 0.1) is 0 Å². The number of benzene rings is 1. The lowest BCUT2D eigenvalue weighted by molar-refractivity contribution is 0.388. The molecule has 84 valence electrons. The maximum atomic E-state index is 5.23. The predicted octanol–water partition coefficient (Wildman–Crippen LogP) is 3.78. The van der Waals surface area contributed by atoms with Gasteiger partial charge in [0.2, 0.25) is 0 Å². The molecule has 0 radical (unpaired) electrons. The van der Waals surface area contributed by atoms with Gasteiger partial charge < -0.3 is 4.74 Å². The van der Waals surface area contributed by atoms with Gasteiger partial charge in [-0.15, -0.1) is 6.58 Å². The first-order valence-corrected chi connectivity index (χ1v) is 5.80. The van der Waals surface area contributed by atoms with E-state index in [0.29, 0.717) is 12.0 Å². The number of rotatable bonds is 6. The number of hydrogen-bond acceptors (Lipinski definition) is 1. The molecule has 2 atom stereocenters. The highest BCUT2D eigenvalue weighted by Crippen LogP contribution is 2.27. The van der Waals surface area contributed by atoms with E-state index in [1.165, 1.54) is 5.56 Å².